The van der Waals surface area contributed by atoms with Crippen LogP contribution in [0.1, 0.15) is 17.4 Å². The number of aliphatic hydroxyl groups is 1. The molecule has 2 aromatic heterocycles. The highest BCUT2D eigenvalue weighted by Crippen LogP contribution is 2.32. The van der Waals surface area contributed by atoms with Crippen molar-refractivity contribution in [3.8, 4) is 17.2 Å². The second-order valence-corrected chi connectivity index (χ2v) is 7.46. The predicted octanol–water partition coefficient (Wildman–Crippen LogP) is 3.04. The van der Waals surface area contributed by atoms with Gasteiger partial charge in [-0.3, -0.25) is 4.79 Å². The Bertz CT molecular complexity index is 1150. The molecule has 3 N–H and O–H groups in total. The molecule has 9 nitrogen and oxygen atoms in total. The van der Waals surface area contributed by atoms with Crippen molar-refractivity contribution in [3.05, 3.63) is 78.5 Å². The van der Waals surface area contributed by atoms with Crippen LogP contribution in [0.4, 0.5) is 11.5 Å². The fraction of sp³-hybridized carbons (Fsp3) is 0.208. The van der Waals surface area contributed by atoms with E-state index < -0.39 is 6.10 Å². The number of hydrogen-bond donors (Lipinski definition) is 2. The summed E-state index contributed by atoms with van der Waals surface area (Å²) in [6, 6.07) is 14.3. The number of anilines is 2. The number of hydrogen-bond acceptors (Lipinski definition) is 8. The smallest absolute Gasteiger partial charge is 0.276 e. The first-order valence-electron chi connectivity index (χ1n) is 10.4. The van der Waals surface area contributed by atoms with Crippen LogP contribution in [-0.2, 0) is 0 Å². The molecule has 9 heteroatoms. The van der Waals surface area contributed by atoms with E-state index in [0.717, 1.165) is 0 Å². The van der Waals surface area contributed by atoms with Crippen LogP contribution in [0.5, 0.6) is 17.2 Å². The van der Waals surface area contributed by atoms with E-state index in [1.807, 2.05) is 35.2 Å². The van der Waals surface area contributed by atoms with Gasteiger partial charge in [0, 0.05) is 25.4 Å². The molecule has 1 aromatic carbocycles. The van der Waals surface area contributed by atoms with Crippen molar-refractivity contribution in [1.82, 2.24) is 14.9 Å². The topological polar surface area (TPSA) is 114 Å². The lowest BCUT2D eigenvalue weighted by Gasteiger charge is -2.36. The van der Waals surface area contributed by atoms with Crippen LogP contribution in [0.3, 0.4) is 0 Å². The van der Waals surface area contributed by atoms with Crippen molar-refractivity contribution in [1.29, 1.82) is 0 Å². The number of carbonyl (C=O) groups is 1. The standard InChI is InChI=1S/C24H25N5O4/c1-16(30)21-15-28(20-14-27-23(25)12-22(20)32-2)10-11-29(21)24(31)19-9-8-18(13-26-19)33-17-6-4-3-5-7-17/h3-9,12-16,30H,10-11H2,1-2H3,(H2,25,27)/t16-/m0/s1. The summed E-state index contributed by atoms with van der Waals surface area (Å²) in [5.41, 5.74) is 7.14. The van der Waals surface area contributed by atoms with Crippen LogP contribution in [0.15, 0.2) is 72.8 Å². The van der Waals surface area contributed by atoms with Crippen molar-refractivity contribution in [2.24, 2.45) is 0 Å². The molecule has 33 heavy (non-hydrogen) atoms. The molecule has 170 valence electrons. The highest BCUT2D eigenvalue weighted by molar-refractivity contribution is 5.94. The zero-order valence-electron chi connectivity index (χ0n) is 18.4. The third-order valence-corrected chi connectivity index (χ3v) is 5.17. The number of para-hydroxylation sites is 1. The minimum absolute atomic E-state index is 0.252. The predicted molar refractivity (Wildman–Crippen MR) is 124 cm³/mol. The number of rotatable bonds is 6. The first kappa shape index (κ1) is 22.1. The summed E-state index contributed by atoms with van der Waals surface area (Å²) < 4.78 is 11.2. The van der Waals surface area contributed by atoms with Crippen LogP contribution >= 0.6 is 0 Å². The van der Waals surface area contributed by atoms with Crippen molar-refractivity contribution in [3.63, 3.8) is 0 Å². The number of benzene rings is 1. The molecule has 1 aliphatic heterocycles. The van der Waals surface area contributed by atoms with Crippen LogP contribution in [0.2, 0.25) is 0 Å². The maximum absolute atomic E-state index is 13.2. The van der Waals surface area contributed by atoms with Gasteiger partial charge in [-0.15, -0.1) is 0 Å². The van der Waals surface area contributed by atoms with Crippen LogP contribution < -0.4 is 20.1 Å². The van der Waals surface area contributed by atoms with Crippen molar-refractivity contribution >= 4 is 17.4 Å². The fourth-order valence-electron chi connectivity index (χ4n) is 3.53. The van der Waals surface area contributed by atoms with Crippen molar-refractivity contribution < 1.29 is 19.4 Å². The molecule has 1 amide bonds. The van der Waals surface area contributed by atoms with Gasteiger partial charge in [-0.05, 0) is 31.2 Å². The fourth-order valence-corrected chi connectivity index (χ4v) is 3.53. The summed E-state index contributed by atoms with van der Waals surface area (Å²) in [4.78, 5) is 25.0. The van der Waals surface area contributed by atoms with Crippen LogP contribution in [0, 0.1) is 0 Å². The maximum atomic E-state index is 13.2. The molecule has 0 bridgehead atoms. The molecular formula is C24H25N5O4. The van der Waals surface area contributed by atoms with Gasteiger partial charge in [0.15, 0.2) is 0 Å². The quantitative estimate of drug-likeness (QED) is 0.593. The third-order valence-electron chi connectivity index (χ3n) is 5.17. The van der Waals surface area contributed by atoms with Gasteiger partial charge < -0.3 is 30.1 Å². The van der Waals surface area contributed by atoms with E-state index in [4.69, 9.17) is 15.2 Å². The Morgan fingerprint density at radius 1 is 1.09 bits per heavy atom. The molecule has 0 radical (unpaired) electrons. The zero-order chi connectivity index (χ0) is 23.4. The number of ether oxygens (including phenoxy) is 2. The Hall–Kier alpha value is -4.11. The van der Waals surface area contributed by atoms with Crippen molar-refractivity contribution in [2.75, 3.05) is 30.8 Å². The molecule has 0 aliphatic carbocycles. The number of carbonyl (C=O) groups excluding carboxylic acids is 1. The van der Waals surface area contributed by atoms with E-state index in [1.165, 1.54) is 11.1 Å². The Balaban J connectivity index is 1.55. The van der Waals surface area contributed by atoms with E-state index in [0.29, 0.717) is 47.5 Å². The van der Waals surface area contributed by atoms with Crippen LogP contribution in [-0.4, -0.2) is 52.2 Å². The summed E-state index contributed by atoms with van der Waals surface area (Å²) in [7, 11) is 1.55. The number of aliphatic hydroxyl groups excluding tert-OH is 1. The highest BCUT2D eigenvalue weighted by atomic mass is 16.5. The lowest BCUT2D eigenvalue weighted by Crippen LogP contribution is -2.44. The number of amides is 1. The van der Waals surface area contributed by atoms with Gasteiger partial charge in [0.05, 0.1) is 31.3 Å². The van der Waals surface area contributed by atoms with E-state index >= 15 is 0 Å². The molecule has 0 fully saturated rings. The second kappa shape index (κ2) is 9.58. The first-order chi connectivity index (χ1) is 16.0. The number of aromatic nitrogens is 2. The summed E-state index contributed by atoms with van der Waals surface area (Å²) in [5, 5.41) is 10.4. The summed E-state index contributed by atoms with van der Waals surface area (Å²) in [6.45, 7) is 2.42. The average molecular weight is 447 g/mol. The molecule has 1 atom stereocenters. The molecule has 3 aromatic rings. The van der Waals surface area contributed by atoms with E-state index in [-0.39, 0.29) is 11.6 Å². The SMILES string of the molecule is COc1cc(N)ncc1N1C=C([C@H](C)O)N(C(=O)c2ccc(Oc3ccccc3)cn2)CC1. The summed E-state index contributed by atoms with van der Waals surface area (Å²) in [5.74, 6) is 1.79. The van der Waals surface area contributed by atoms with Gasteiger partial charge in [0.25, 0.3) is 5.91 Å². The highest BCUT2D eigenvalue weighted by Gasteiger charge is 2.29. The molecule has 0 spiro atoms. The number of pyridine rings is 2. The minimum Gasteiger partial charge on any atom is -0.494 e. The van der Waals surface area contributed by atoms with E-state index in [9.17, 15) is 9.90 Å². The zero-order valence-corrected chi connectivity index (χ0v) is 18.4. The Morgan fingerprint density at radius 2 is 1.88 bits per heavy atom. The summed E-state index contributed by atoms with van der Waals surface area (Å²) in [6.07, 6.45) is 3.95. The minimum atomic E-state index is -0.884. The third kappa shape index (κ3) is 4.88. The van der Waals surface area contributed by atoms with E-state index in [1.54, 1.807) is 44.6 Å². The van der Waals surface area contributed by atoms with Gasteiger partial charge in [-0.2, -0.15) is 0 Å². The number of nitrogen functional groups attached to an aromatic ring is 1. The van der Waals surface area contributed by atoms with Gasteiger partial charge in [0.2, 0.25) is 0 Å². The van der Waals surface area contributed by atoms with Gasteiger partial charge in [-0.25, -0.2) is 9.97 Å². The second-order valence-electron chi connectivity index (χ2n) is 7.46. The molecule has 4 rings (SSSR count). The molecule has 0 saturated heterocycles. The Kier molecular flexibility index (Phi) is 6.41. The van der Waals surface area contributed by atoms with Crippen molar-refractivity contribution in [2.45, 2.75) is 13.0 Å². The molecule has 0 unspecified atom stereocenters. The number of nitrogens with two attached hydrogens (primary N) is 1. The lowest BCUT2D eigenvalue weighted by atomic mass is 10.1. The largest absolute Gasteiger partial charge is 0.494 e. The molecule has 3 heterocycles. The Labute approximate surface area is 191 Å². The Morgan fingerprint density at radius 3 is 2.55 bits per heavy atom. The number of nitrogens with zero attached hydrogens (tertiary/aromatic N) is 4. The summed E-state index contributed by atoms with van der Waals surface area (Å²) >= 11 is 0. The molecular weight excluding hydrogens is 422 g/mol. The van der Waals surface area contributed by atoms with E-state index in [2.05, 4.69) is 9.97 Å². The van der Waals surface area contributed by atoms with Crippen LogP contribution in [0.25, 0.3) is 0 Å². The molecule has 0 saturated carbocycles. The van der Waals surface area contributed by atoms with Gasteiger partial charge in [0.1, 0.15) is 34.4 Å². The average Bonchev–Trinajstić information content (AvgIpc) is 2.84. The first-order valence-corrected chi connectivity index (χ1v) is 10.4. The molecule has 1 aliphatic rings. The maximum Gasteiger partial charge on any atom is 0.276 e. The lowest BCUT2D eigenvalue weighted by molar-refractivity contribution is 0.0742. The van der Waals surface area contributed by atoms with Gasteiger partial charge >= 0.3 is 0 Å². The monoisotopic (exact) mass is 447 g/mol. The number of methoxy groups -OCH3 is 1. The normalized spacial score (nSPS) is 14.5. The van der Waals surface area contributed by atoms with Gasteiger partial charge in [-0.1, -0.05) is 18.2 Å².